The summed E-state index contributed by atoms with van der Waals surface area (Å²) in [6.07, 6.45) is 4.85. The summed E-state index contributed by atoms with van der Waals surface area (Å²) >= 11 is 0. The molecule has 1 heteroatoms. The van der Waals surface area contributed by atoms with Crippen LogP contribution in [-0.2, 0) is 4.79 Å². The molecular formula is C16H20O. The van der Waals surface area contributed by atoms with Gasteiger partial charge >= 0.3 is 0 Å². The molecule has 0 aliphatic carbocycles. The maximum atomic E-state index is 10.5. The normalized spacial score (nSPS) is 13.0. The van der Waals surface area contributed by atoms with Gasteiger partial charge < -0.3 is 0 Å². The average molecular weight is 228 g/mol. The fraction of sp³-hybridized carbons (Fsp3) is 0.312. The summed E-state index contributed by atoms with van der Waals surface area (Å²) in [6.45, 7) is 8.19. The first-order valence-corrected chi connectivity index (χ1v) is 5.94. The quantitative estimate of drug-likeness (QED) is 0.425. The van der Waals surface area contributed by atoms with Crippen LogP contribution in [0.1, 0.15) is 44.7 Å². The number of aldehydes is 1. The maximum Gasteiger partial charge on any atom is 0.145 e. The lowest BCUT2D eigenvalue weighted by Gasteiger charge is -2.05. The van der Waals surface area contributed by atoms with Crippen LogP contribution in [0.5, 0.6) is 0 Å². The fourth-order valence-electron chi connectivity index (χ4n) is 1.67. The number of benzene rings is 1. The summed E-state index contributed by atoms with van der Waals surface area (Å²) in [5, 5.41) is 0. The molecule has 0 radical (unpaired) electrons. The number of carbonyl (C=O) groups is 1. The summed E-state index contributed by atoms with van der Waals surface area (Å²) in [5.41, 5.74) is 4.35. The van der Waals surface area contributed by atoms with Crippen molar-refractivity contribution in [3.63, 3.8) is 0 Å². The molecule has 0 unspecified atom stereocenters. The molecule has 0 N–H and O–H groups in total. The van der Waals surface area contributed by atoms with E-state index < -0.39 is 0 Å². The van der Waals surface area contributed by atoms with Crippen LogP contribution in [-0.4, -0.2) is 6.29 Å². The molecule has 90 valence electrons. The largest absolute Gasteiger partial charge is 0.298 e. The van der Waals surface area contributed by atoms with E-state index in [9.17, 15) is 4.79 Å². The molecule has 0 aromatic heterocycles. The van der Waals surface area contributed by atoms with Gasteiger partial charge in [0.1, 0.15) is 6.29 Å². The Morgan fingerprint density at radius 1 is 1.06 bits per heavy atom. The van der Waals surface area contributed by atoms with Crippen molar-refractivity contribution in [2.75, 3.05) is 0 Å². The predicted molar refractivity (Wildman–Crippen MR) is 74.0 cm³/mol. The van der Waals surface area contributed by atoms with Gasteiger partial charge in [-0.25, -0.2) is 0 Å². The van der Waals surface area contributed by atoms with E-state index in [2.05, 4.69) is 44.2 Å². The molecule has 0 saturated heterocycles. The van der Waals surface area contributed by atoms with E-state index in [0.29, 0.717) is 5.92 Å². The van der Waals surface area contributed by atoms with E-state index in [-0.39, 0.29) is 0 Å². The Morgan fingerprint density at radius 3 is 2.12 bits per heavy atom. The summed E-state index contributed by atoms with van der Waals surface area (Å²) in [6, 6.07) is 8.53. The van der Waals surface area contributed by atoms with Gasteiger partial charge in [0.15, 0.2) is 0 Å². The van der Waals surface area contributed by atoms with Crippen molar-refractivity contribution in [1.29, 1.82) is 0 Å². The van der Waals surface area contributed by atoms with Crippen molar-refractivity contribution < 1.29 is 4.79 Å². The molecule has 0 heterocycles. The summed E-state index contributed by atoms with van der Waals surface area (Å²) < 4.78 is 0. The van der Waals surface area contributed by atoms with E-state index in [1.807, 2.05) is 19.9 Å². The van der Waals surface area contributed by atoms with E-state index in [1.54, 1.807) is 0 Å². The lowest BCUT2D eigenvalue weighted by atomic mass is 10.0. The van der Waals surface area contributed by atoms with Gasteiger partial charge in [0, 0.05) is 0 Å². The van der Waals surface area contributed by atoms with Crippen molar-refractivity contribution in [1.82, 2.24) is 0 Å². The third kappa shape index (κ3) is 4.39. The first-order valence-electron chi connectivity index (χ1n) is 5.94. The van der Waals surface area contributed by atoms with Gasteiger partial charge in [-0.1, -0.05) is 55.8 Å². The molecule has 17 heavy (non-hydrogen) atoms. The van der Waals surface area contributed by atoms with Crippen LogP contribution in [0.3, 0.4) is 0 Å². The average Bonchev–Trinajstić information content (AvgIpc) is 2.29. The van der Waals surface area contributed by atoms with Crippen LogP contribution in [0, 0.1) is 0 Å². The number of allylic oxidation sites excluding steroid dienone is 3. The summed E-state index contributed by atoms with van der Waals surface area (Å²) in [7, 11) is 0. The zero-order valence-corrected chi connectivity index (χ0v) is 11.0. The molecule has 0 aliphatic rings. The van der Waals surface area contributed by atoms with E-state index in [4.69, 9.17) is 0 Å². The van der Waals surface area contributed by atoms with Crippen LogP contribution >= 0.6 is 0 Å². The highest BCUT2D eigenvalue weighted by Gasteiger charge is 1.97. The highest BCUT2D eigenvalue weighted by atomic mass is 16.1. The molecule has 1 nitrogen and oxygen atoms in total. The van der Waals surface area contributed by atoms with Crippen LogP contribution in [0.2, 0.25) is 0 Å². The Kier molecular flexibility index (Phi) is 4.89. The Hall–Kier alpha value is -1.63. The van der Waals surface area contributed by atoms with E-state index in [0.717, 1.165) is 17.4 Å². The Bertz CT molecular complexity index is 433. The van der Waals surface area contributed by atoms with E-state index in [1.165, 1.54) is 11.1 Å². The lowest BCUT2D eigenvalue weighted by molar-refractivity contribution is -0.104. The van der Waals surface area contributed by atoms with Crippen molar-refractivity contribution in [3.05, 3.63) is 52.6 Å². The molecule has 0 bridgehead atoms. The van der Waals surface area contributed by atoms with Crippen LogP contribution in [0.4, 0.5) is 0 Å². The standard InChI is InChI=1S/C16H20O/c1-12(2)16-7-5-15(6-8-16)10-13(3)9-14(4)11-17/h5-12H,1-4H3. The van der Waals surface area contributed by atoms with Gasteiger partial charge in [0.2, 0.25) is 0 Å². The first kappa shape index (κ1) is 13.4. The number of carbonyl (C=O) groups excluding carboxylic acids is 1. The molecule has 0 aliphatic heterocycles. The van der Waals surface area contributed by atoms with E-state index >= 15 is 0 Å². The van der Waals surface area contributed by atoms with Crippen LogP contribution in [0.25, 0.3) is 6.08 Å². The predicted octanol–water partition coefficient (Wildman–Crippen LogP) is 4.36. The maximum absolute atomic E-state index is 10.5. The first-order chi connectivity index (χ1) is 8.02. The topological polar surface area (TPSA) is 17.1 Å². The van der Waals surface area contributed by atoms with Gasteiger partial charge in [0.25, 0.3) is 0 Å². The molecule has 1 aromatic carbocycles. The van der Waals surface area contributed by atoms with Gasteiger partial charge in [-0.2, -0.15) is 0 Å². The minimum Gasteiger partial charge on any atom is -0.298 e. The van der Waals surface area contributed by atoms with Crippen molar-refractivity contribution in [2.24, 2.45) is 0 Å². The second-order valence-corrected chi connectivity index (χ2v) is 4.72. The smallest absolute Gasteiger partial charge is 0.145 e. The SMILES string of the molecule is CC(C=O)=CC(C)=Cc1ccc(C(C)C)cc1. The molecule has 0 fully saturated rings. The second kappa shape index (κ2) is 6.19. The Morgan fingerprint density at radius 2 is 1.65 bits per heavy atom. The third-order valence-corrected chi connectivity index (χ3v) is 2.64. The molecule has 0 saturated carbocycles. The van der Waals surface area contributed by atoms with Crippen molar-refractivity contribution >= 4 is 12.4 Å². The van der Waals surface area contributed by atoms with Gasteiger partial charge in [-0.3, -0.25) is 4.79 Å². The monoisotopic (exact) mass is 228 g/mol. The highest BCUT2D eigenvalue weighted by Crippen LogP contribution is 2.16. The van der Waals surface area contributed by atoms with Crippen molar-refractivity contribution in [3.8, 4) is 0 Å². The molecule has 0 amide bonds. The number of hydrogen-bond acceptors (Lipinski definition) is 1. The second-order valence-electron chi connectivity index (χ2n) is 4.72. The molecule has 0 spiro atoms. The summed E-state index contributed by atoms with van der Waals surface area (Å²) in [5.74, 6) is 0.561. The zero-order chi connectivity index (χ0) is 12.8. The molecular weight excluding hydrogens is 208 g/mol. The Labute approximate surface area is 104 Å². The van der Waals surface area contributed by atoms with Crippen LogP contribution in [0.15, 0.2) is 41.5 Å². The van der Waals surface area contributed by atoms with Gasteiger partial charge in [-0.05, 0) is 36.5 Å². The summed E-state index contributed by atoms with van der Waals surface area (Å²) in [4.78, 5) is 10.5. The number of hydrogen-bond donors (Lipinski definition) is 0. The highest BCUT2D eigenvalue weighted by molar-refractivity contribution is 5.74. The van der Waals surface area contributed by atoms with Gasteiger partial charge in [0.05, 0.1) is 0 Å². The van der Waals surface area contributed by atoms with Crippen molar-refractivity contribution in [2.45, 2.75) is 33.6 Å². The van der Waals surface area contributed by atoms with Crippen LogP contribution < -0.4 is 0 Å². The Balaban J connectivity index is 2.88. The molecule has 0 atom stereocenters. The zero-order valence-electron chi connectivity index (χ0n) is 11.0. The number of rotatable bonds is 4. The third-order valence-electron chi connectivity index (χ3n) is 2.64. The molecule has 1 aromatic rings. The van der Waals surface area contributed by atoms with Gasteiger partial charge in [-0.15, -0.1) is 0 Å². The minimum absolute atomic E-state index is 0.561. The fourth-order valence-corrected chi connectivity index (χ4v) is 1.67. The minimum atomic E-state index is 0.561. The lowest BCUT2D eigenvalue weighted by Crippen LogP contribution is -1.86. The molecule has 1 rings (SSSR count).